The third-order valence-corrected chi connectivity index (χ3v) is 5.82. The van der Waals surface area contributed by atoms with Gasteiger partial charge in [-0.2, -0.15) is 0 Å². The van der Waals surface area contributed by atoms with E-state index in [9.17, 15) is 4.79 Å². The second-order valence-electron chi connectivity index (χ2n) is 7.47. The summed E-state index contributed by atoms with van der Waals surface area (Å²) < 4.78 is 0. The van der Waals surface area contributed by atoms with E-state index in [1.54, 1.807) is 0 Å². The number of carbonyl (C=O) groups is 1. The molecule has 0 saturated carbocycles. The summed E-state index contributed by atoms with van der Waals surface area (Å²) >= 11 is 5.97. The molecule has 0 unspecified atom stereocenters. The molecule has 28 heavy (non-hydrogen) atoms. The molecule has 4 rings (SSSR count). The van der Waals surface area contributed by atoms with Gasteiger partial charge in [-0.25, -0.2) is 4.79 Å². The van der Waals surface area contributed by atoms with E-state index in [4.69, 9.17) is 16.4 Å². The van der Waals surface area contributed by atoms with E-state index in [-0.39, 0.29) is 11.6 Å². The van der Waals surface area contributed by atoms with Crippen LogP contribution in [0.5, 0.6) is 0 Å². The second kappa shape index (κ2) is 7.84. The average Bonchev–Trinajstić information content (AvgIpc) is 3.12. The van der Waals surface area contributed by atoms with Crippen molar-refractivity contribution in [2.45, 2.75) is 38.2 Å². The number of hydrogen-bond donors (Lipinski definition) is 1. The number of rotatable bonds is 3. The van der Waals surface area contributed by atoms with Crippen LogP contribution < -0.4 is 5.32 Å². The van der Waals surface area contributed by atoms with Crippen molar-refractivity contribution in [3.05, 3.63) is 64.7 Å². The Hall–Kier alpha value is -2.53. The van der Waals surface area contributed by atoms with E-state index in [1.807, 2.05) is 47.4 Å². The maximum Gasteiger partial charge on any atom is 0.321 e. The summed E-state index contributed by atoms with van der Waals surface area (Å²) in [5.41, 5.74) is 3.74. The molecule has 146 valence electrons. The number of oxime groups is 1. The van der Waals surface area contributed by atoms with E-state index in [0.717, 1.165) is 42.6 Å². The van der Waals surface area contributed by atoms with Crippen LogP contribution >= 0.6 is 11.6 Å². The highest BCUT2D eigenvalue weighted by Gasteiger charge is 2.43. The quantitative estimate of drug-likeness (QED) is 0.783. The van der Waals surface area contributed by atoms with Crippen LogP contribution in [0.15, 0.2) is 53.7 Å². The number of aryl methyl sites for hydroxylation is 1. The van der Waals surface area contributed by atoms with E-state index >= 15 is 0 Å². The highest BCUT2D eigenvalue weighted by Crippen LogP contribution is 2.36. The molecule has 1 saturated heterocycles. The van der Waals surface area contributed by atoms with Crippen LogP contribution in [0.2, 0.25) is 5.02 Å². The molecule has 2 aliphatic rings. The van der Waals surface area contributed by atoms with Gasteiger partial charge in [-0.05, 0) is 41.8 Å². The van der Waals surface area contributed by atoms with E-state index < -0.39 is 0 Å². The number of hydrogen-bond acceptors (Lipinski definition) is 3. The molecule has 0 radical (unpaired) electrons. The Morgan fingerprint density at radius 1 is 1.21 bits per heavy atom. The fraction of sp³-hybridized carbons (Fsp3) is 0.364. The number of benzene rings is 2. The molecule has 6 heteroatoms. The maximum absolute atomic E-state index is 12.6. The number of halogens is 1. The van der Waals surface area contributed by atoms with Crippen LogP contribution in [-0.4, -0.2) is 35.3 Å². The van der Waals surface area contributed by atoms with Crippen LogP contribution in [-0.2, 0) is 11.3 Å². The summed E-state index contributed by atoms with van der Waals surface area (Å²) in [5, 5.41) is 8.04. The predicted molar refractivity (Wildman–Crippen MR) is 112 cm³/mol. The van der Waals surface area contributed by atoms with Crippen LogP contribution in [0, 0.1) is 0 Å². The summed E-state index contributed by atoms with van der Waals surface area (Å²) in [5.74, 6) is 0. The van der Waals surface area contributed by atoms with Crippen LogP contribution in [0.25, 0.3) is 0 Å². The zero-order chi connectivity index (χ0) is 19.6. The molecule has 5 nitrogen and oxygen atoms in total. The van der Waals surface area contributed by atoms with Crippen LogP contribution in [0.4, 0.5) is 10.5 Å². The lowest BCUT2D eigenvalue weighted by Gasteiger charge is -2.37. The number of amides is 2. The second-order valence-corrected chi connectivity index (χ2v) is 7.90. The Labute approximate surface area is 170 Å². The molecule has 0 bridgehead atoms. The molecule has 2 aliphatic heterocycles. The Morgan fingerprint density at radius 2 is 1.96 bits per heavy atom. The average molecular weight is 398 g/mol. The minimum atomic E-state index is -0.298. The largest absolute Gasteiger partial charge is 0.388 e. The van der Waals surface area contributed by atoms with E-state index in [0.29, 0.717) is 18.1 Å². The number of piperidine rings is 1. The lowest BCUT2D eigenvalue weighted by Crippen LogP contribution is -2.48. The number of nitrogens with zero attached hydrogens (tertiary/aromatic N) is 2. The molecular formula is C22H24ClN3O2. The number of anilines is 1. The van der Waals surface area contributed by atoms with Crippen LogP contribution in [0.1, 0.15) is 37.3 Å². The molecule has 1 spiro atoms. The van der Waals surface area contributed by atoms with Gasteiger partial charge in [0.05, 0.1) is 5.71 Å². The summed E-state index contributed by atoms with van der Waals surface area (Å²) in [6.07, 6.45) is 3.26. The van der Waals surface area contributed by atoms with Gasteiger partial charge in [0.1, 0.15) is 5.60 Å². The van der Waals surface area contributed by atoms with E-state index in [2.05, 4.69) is 23.5 Å². The summed E-state index contributed by atoms with van der Waals surface area (Å²) in [6.45, 7) is 3.42. The number of urea groups is 1. The van der Waals surface area contributed by atoms with Crippen molar-refractivity contribution in [2.24, 2.45) is 5.16 Å². The SMILES string of the molecule is CCc1cccc(NC(=O)N2CCC3(CC2)CC(c2ccc(Cl)cc2)=NO3)c1. The van der Waals surface area contributed by atoms with Gasteiger partial charge in [-0.15, -0.1) is 0 Å². The molecule has 1 N–H and O–H groups in total. The van der Waals surface area contributed by atoms with E-state index in [1.165, 1.54) is 5.56 Å². The molecule has 2 aromatic carbocycles. The number of likely N-dealkylation sites (tertiary alicyclic amines) is 1. The van der Waals surface area contributed by atoms with Crippen molar-refractivity contribution in [2.75, 3.05) is 18.4 Å². The van der Waals surface area contributed by atoms with Crippen molar-refractivity contribution < 1.29 is 9.63 Å². The lowest BCUT2D eigenvalue weighted by molar-refractivity contribution is -0.0544. The van der Waals surface area contributed by atoms with Gasteiger partial charge in [-0.3, -0.25) is 0 Å². The van der Waals surface area contributed by atoms with Gasteiger partial charge < -0.3 is 15.1 Å². The highest BCUT2D eigenvalue weighted by molar-refractivity contribution is 6.30. The molecule has 0 aliphatic carbocycles. The first-order valence-corrected chi connectivity index (χ1v) is 10.1. The Bertz CT molecular complexity index is 887. The Morgan fingerprint density at radius 3 is 2.68 bits per heavy atom. The van der Waals surface area contributed by atoms with Crippen LogP contribution in [0.3, 0.4) is 0 Å². The number of carbonyl (C=O) groups excluding carboxylic acids is 1. The molecular weight excluding hydrogens is 374 g/mol. The topological polar surface area (TPSA) is 53.9 Å². The normalized spacial score (nSPS) is 17.9. The molecule has 2 amide bonds. The molecule has 2 heterocycles. The minimum Gasteiger partial charge on any atom is -0.388 e. The lowest BCUT2D eigenvalue weighted by atomic mass is 9.85. The third kappa shape index (κ3) is 3.99. The summed E-state index contributed by atoms with van der Waals surface area (Å²) in [7, 11) is 0. The van der Waals surface area contributed by atoms with Gasteiger partial charge >= 0.3 is 6.03 Å². The van der Waals surface area contributed by atoms with Crippen molar-refractivity contribution in [1.29, 1.82) is 0 Å². The first kappa shape index (κ1) is 18.8. The predicted octanol–water partition coefficient (Wildman–Crippen LogP) is 5.09. The van der Waals surface area contributed by atoms with Crippen molar-refractivity contribution >= 4 is 29.0 Å². The van der Waals surface area contributed by atoms with Gasteiger partial charge in [0, 0.05) is 43.1 Å². The first-order valence-electron chi connectivity index (χ1n) is 9.73. The van der Waals surface area contributed by atoms with Gasteiger partial charge in [-0.1, -0.05) is 47.9 Å². The monoisotopic (exact) mass is 397 g/mol. The summed E-state index contributed by atoms with van der Waals surface area (Å²) in [6, 6.07) is 15.6. The smallest absolute Gasteiger partial charge is 0.321 e. The molecule has 0 atom stereocenters. The van der Waals surface area contributed by atoms with Crippen molar-refractivity contribution in [3.63, 3.8) is 0 Å². The minimum absolute atomic E-state index is 0.0556. The summed E-state index contributed by atoms with van der Waals surface area (Å²) in [4.78, 5) is 20.3. The highest BCUT2D eigenvalue weighted by atomic mass is 35.5. The van der Waals surface area contributed by atoms with Gasteiger partial charge in [0.25, 0.3) is 0 Å². The maximum atomic E-state index is 12.6. The standard InChI is InChI=1S/C22H24ClN3O2/c1-2-16-4-3-5-19(14-16)24-21(27)26-12-10-22(11-13-26)15-20(25-28-22)17-6-8-18(23)9-7-17/h3-9,14H,2,10-13,15H2,1H3,(H,24,27). The Balaban J connectivity index is 1.33. The first-order chi connectivity index (χ1) is 13.6. The Kier molecular flexibility index (Phi) is 5.27. The molecule has 0 aromatic heterocycles. The van der Waals surface area contributed by atoms with Crippen molar-refractivity contribution in [3.8, 4) is 0 Å². The fourth-order valence-electron chi connectivity index (χ4n) is 3.78. The third-order valence-electron chi connectivity index (χ3n) is 5.56. The van der Waals surface area contributed by atoms with Crippen molar-refractivity contribution in [1.82, 2.24) is 4.90 Å². The zero-order valence-corrected chi connectivity index (χ0v) is 16.7. The fourth-order valence-corrected chi connectivity index (χ4v) is 3.90. The molecule has 2 aromatic rings. The van der Waals surface area contributed by atoms with Gasteiger partial charge in [0.2, 0.25) is 0 Å². The number of nitrogens with one attached hydrogen (secondary N) is 1. The van der Waals surface area contributed by atoms with Gasteiger partial charge in [0.15, 0.2) is 0 Å². The molecule has 1 fully saturated rings. The zero-order valence-electron chi connectivity index (χ0n) is 16.0.